The number of hydrogen-bond acceptors (Lipinski definition) is 6. The van der Waals surface area contributed by atoms with Crippen LogP contribution in [0.4, 0.5) is 19.1 Å². The molecule has 1 aliphatic rings. The van der Waals surface area contributed by atoms with E-state index in [1.54, 1.807) is 18.3 Å². The molecule has 1 fully saturated rings. The highest BCUT2D eigenvalue weighted by atomic mass is 19.4. The SMILES string of the molecule is CCCCNc1ncc2c(-c3ccc(OC(F)(F)F)cc3)nn(C3CCC(O)CC3)c2n1. The number of aliphatic hydroxyl groups is 1. The van der Waals surface area contributed by atoms with Crippen LogP contribution in [0.15, 0.2) is 30.5 Å². The summed E-state index contributed by atoms with van der Waals surface area (Å²) in [6, 6.07) is 5.72. The number of ether oxygens (including phenoxy) is 1. The fourth-order valence-corrected chi connectivity index (χ4v) is 3.97. The summed E-state index contributed by atoms with van der Waals surface area (Å²) >= 11 is 0. The molecule has 172 valence electrons. The molecule has 0 spiro atoms. The first-order valence-corrected chi connectivity index (χ1v) is 10.9. The molecule has 0 aliphatic heterocycles. The van der Waals surface area contributed by atoms with Gasteiger partial charge in [-0.3, -0.25) is 0 Å². The minimum Gasteiger partial charge on any atom is -0.406 e. The number of rotatable bonds is 7. The van der Waals surface area contributed by atoms with Gasteiger partial charge in [-0.05, 0) is 56.4 Å². The minimum atomic E-state index is -4.74. The Kier molecular flexibility index (Phi) is 6.50. The maximum Gasteiger partial charge on any atom is 0.573 e. The Morgan fingerprint density at radius 1 is 1.16 bits per heavy atom. The van der Waals surface area contributed by atoms with Crippen molar-refractivity contribution in [2.75, 3.05) is 11.9 Å². The van der Waals surface area contributed by atoms with Crippen molar-refractivity contribution in [3.8, 4) is 17.0 Å². The Bertz CT molecular complexity index is 1040. The Labute approximate surface area is 183 Å². The highest BCUT2D eigenvalue weighted by Crippen LogP contribution is 2.35. The predicted octanol–water partition coefficient (Wildman–Crippen LogP) is 5.08. The van der Waals surface area contributed by atoms with E-state index in [-0.39, 0.29) is 17.9 Å². The van der Waals surface area contributed by atoms with E-state index >= 15 is 0 Å². The molecule has 0 amide bonds. The topological polar surface area (TPSA) is 85.1 Å². The van der Waals surface area contributed by atoms with Crippen LogP contribution in [-0.4, -0.2) is 43.9 Å². The maximum absolute atomic E-state index is 12.5. The lowest BCUT2D eigenvalue weighted by Crippen LogP contribution is -2.22. The highest BCUT2D eigenvalue weighted by Gasteiger charge is 2.31. The summed E-state index contributed by atoms with van der Waals surface area (Å²) in [7, 11) is 0. The quantitative estimate of drug-likeness (QED) is 0.490. The van der Waals surface area contributed by atoms with Gasteiger partial charge in [0.2, 0.25) is 5.95 Å². The van der Waals surface area contributed by atoms with E-state index in [2.05, 4.69) is 22.0 Å². The van der Waals surface area contributed by atoms with Crippen molar-refractivity contribution in [3.63, 3.8) is 0 Å². The van der Waals surface area contributed by atoms with E-state index < -0.39 is 6.36 Å². The summed E-state index contributed by atoms with van der Waals surface area (Å²) in [6.07, 6.45) is 1.65. The van der Waals surface area contributed by atoms with Crippen molar-refractivity contribution in [3.05, 3.63) is 30.5 Å². The zero-order valence-corrected chi connectivity index (χ0v) is 17.8. The van der Waals surface area contributed by atoms with Gasteiger partial charge in [-0.1, -0.05) is 13.3 Å². The first-order valence-electron chi connectivity index (χ1n) is 10.9. The summed E-state index contributed by atoms with van der Waals surface area (Å²) < 4.78 is 43.3. The fraction of sp³-hybridized carbons (Fsp3) is 0.500. The van der Waals surface area contributed by atoms with E-state index in [0.717, 1.165) is 37.6 Å². The number of alkyl halides is 3. The van der Waals surface area contributed by atoms with Gasteiger partial charge in [0.15, 0.2) is 5.65 Å². The van der Waals surface area contributed by atoms with Gasteiger partial charge >= 0.3 is 6.36 Å². The molecule has 0 unspecified atom stereocenters. The monoisotopic (exact) mass is 449 g/mol. The number of fused-ring (bicyclic) bond motifs is 1. The molecule has 3 aromatic rings. The molecule has 2 aromatic heterocycles. The van der Waals surface area contributed by atoms with Gasteiger partial charge in [-0.15, -0.1) is 13.2 Å². The fourth-order valence-electron chi connectivity index (χ4n) is 3.97. The average molecular weight is 449 g/mol. The third-order valence-electron chi connectivity index (χ3n) is 5.64. The van der Waals surface area contributed by atoms with Crippen molar-refractivity contribution in [2.24, 2.45) is 0 Å². The maximum atomic E-state index is 12.5. The molecule has 1 aromatic carbocycles. The van der Waals surface area contributed by atoms with Gasteiger partial charge in [0.05, 0.1) is 17.5 Å². The molecular weight excluding hydrogens is 423 g/mol. The van der Waals surface area contributed by atoms with Crippen molar-refractivity contribution < 1.29 is 23.0 Å². The van der Waals surface area contributed by atoms with Crippen molar-refractivity contribution in [1.29, 1.82) is 0 Å². The van der Waals surface area contributed by atoms with Crippen LogP contribution in [0.2, 0.25) is 0 Å². The van der Waals surface area contributed by atoms with Gasteiger partial charge < -0.3 is 15.2 Å². The second kappa shape index (κ2) is 9.32. The van der Waals surface area contributed by atoms with Crippen LogP contribution in [0.1, 0.15) is 51.5 Å². The van der Waals surface area contributed by atoms with E-state index in [1.807, 2.05) is 4.68 Å². The molecule has 4 rings (SSSR count). The molecule has 0 atom stereocenters. The van der Waals surface area contributed by atoms with E-state index in [9.17, 15) is 18.3 Å². The number of halogens is 3. The van der Waals surface area contributed by atoms with E-state index in [1.165, 1.54) is 12.1 Å². The van der Waals surface area contributed by atoms with Crippen LogP contribution < -0.4 is 10.1 Å². The van der Waals surface area contributed by atoms with Crippen LogP contribution in [-0.2, 0) is 0 Å². The number of nitrogens with one attached hydrogen (secondary N) is 1. The summed E-state index contributed by atoms with van der Waals surface area (Å²) in [5.41, 5.74) is 1.92. The molecule has 2 heterocycles. The Morgan fingerprint density at radius 3 is 2.53 bits per heavy atom. The number of benzene rings is 1. The van der Waals surface area contributed by atoms with Crippen LogP contribution in [0.25, 0.3) is 22.3 Å². The van der Waals surface area contributed by atoms with Crippen molar-refractivity contribution in [1.82, 2.24) is 19.7 Å². The lowest BCUT2D eigenvalue weighted by atomic mass is 9.93. The Balaban J connectivity index is 1.70. The molecule has 7 nitrogen and oxygen atoms in total. The lowest BCUT2D eigenvalue weighted by molar-refractivity contribution is -0.274. The number of unbranched alkanes of at least 4 members (excludes halogenated alkanes) is 1. The second-order valence-electron chi connectivity index (χ2n) is 8.04. The Morgan fingerprint density at radius 2 is 1.88 bits per heavy atom. The third kappa shape index (κ3) is 5.12. The van der Waals surface area contributed by atoms with E-state index in [0.29, 0.717) is 35.7 Å². The summed E-state index contributed by atoms with van der Waals surface area (Å²) in [5, 5.41) is 18.6. The van der Waals surface area contributed by atoms with Gasteiger partial charge in [-0.2, -0.15) is 10.1 Å². The normalized spacial score (nSPS) is 19.3. The van der Waals surface area contributed by atoms with Crippen LogP contribution in [0.5, 0.6) is 5.75 Å². The average Bonchev–Trinajstić information content (AvgIpc) is 3.13. The van der Waals surface area contributed by atoms with Gasteiger partial charge in [0.1, 0.15) is 11.4 Å². The van der Waals surface area contributed by atoms with Crippen LogP contribution >= 0.6 is 0 Å². The lowest BCUT2D eigenvalue weighted by Gasteiger charge is -2.25. The second-order valence-corrected chi connectivity index (χ2v) is 8.04. The number of anilines is 1. The minimum absolute atomic E-state index is 0.0841. The largest absolute Gasteiger partial charge is 0.573 e. The zero-order chi connectivity index (χ0) is 22.7. The Hall–Kier alpha value is -2.88. The standard InChI is InChI=1S/C22H26F3N5O2/c1-2-3-12-26-21-27-13-18-19(14-4-10-17(11-5-14)32-22(23,24)25)29-30(20(18)28-21)15-6-8-16(31)9-7-15/h4-5,10-11,13,15-16,31H,2-3,6-9,12H2,1H3,(H,26,27,28). The molecule has 2 N–H and O–H groups in total. The van der Waals surface area contributed by atoms with Gasteiger partial charge in [-0.25, -0.2) is 9.67 Å². The molecule has 0 saturated heterocycles. The predicted molar refractivity (Wildman–Crippen MR) is 114 cm³/mol. The molecular formula is C22H26F3N5O2. The van der Waals surface area contributed by atoms with Gasteiger partial charge in [0.25, 0.3) is 0 Å². The molecule has 10 heteroatoms. The van der Waals surface area contributed by atoms with Crippen molar-refractivity contribution in [2.45, 2.75) is 64.0 Å². The number of hydrogen-bond donors (Lipinski definition) is 2. The molecule has 0 bridgehead atoms. The zero-order valence-electron chi connectivity index (χ0n) is 17.8. The van der Waals surface area contributed by atoms with Gasteiger partial charge in [0, 0.05) is 18.3 Å². The first-order chi connectivity index (χ1) is 15.3. The summed E-state index contributed by atoms with van der Waals surface area (Å²) in [6.45, 7) is 2.87. The van der Waals surface area contributed by atoms with E-state index in [4.69, 9.17) is 10.1 Å². The van der Waals surface area contributed by atoms with Crippen molar-refractivity contribution >= 4 is 17.0 Å². The summed E-state index contributed by atoms with van der Waals surface area (Å²) in [5.74, 6) is 0.230. The number of nitrogens with zero attached hydrogens (tertiary/aromatic N) is 4. The molecule has 1 aliphatic carbocycles. The smallest absolute Gasteiger partial charge is 0.406 e. The number of aliphatic hydroxyl groups excluding tert-OH is 1. The third-order valence-corrected chi connectivity index (χ3v) is 5.64. The summed E-state index contributed by atoms with van der Waals surface area (Å²) in [4.78, 5) is 9.11. The number of aromatic nitrogens is 4. The van der Waals surface area contributed by atoms with Crippen LogP contribution in [0, 0.1) is 0 Å². The molecule has 0 radical (unpaired) electrons. The molecule has 1 saturated carbocycles. The van der Waals surface area contributed by atoms with Crippen LogP contribution in [0.3, 0.4) is 0 Å². The molecule has 32 heavy (non-hydrogen) atoms. The first kappa shape index (κ1) is 22.3. The highest BCUT2D eigenvalue weighted by molar-refractivity contribution is 5.91.